The van der Waals surface area contributed by atoms with Crippen LogP contribution in [-0.2, 0) is 9.53 Å². The number of carbonyl (C=O) groups is 1. The number of unbranched alkanes of at least 4 members (excludes halogenated alkanes) is 1. The molecule has 100 valence electrons. The smallest absolute Gasteiger partial charge is 0.320 e. The summed E-state index contributed by atoms with van der Waals surface area (Å²) in [6, 6.07) is -0.312. The van der Waals surface area contributed by atoms with Gasteiger partial charge in [-0.05, 0) is 31.7 Å². The zero-order chi connectivity index (χ0) is 12.7. The van der Waals surface area contributed by atoms with Gasteiger partial charge >= 0.3 is 5.97 Å². The Hall–Kier alpha value is -0.610. The van der Waals surface area contributed by atoms with Gasteiger partial charge in [0.15, 0.2) is 0 Å². The van der Waals surface area contributed by atoms with E-state index in [2.05, 4.69) is 13.8 Å². The first-order chi connectivity index (χ1) is 8.15. The Labute approximate surface area is 104 Å². The summed E-state index contributed by atoms with van der Waals surface area (Å²) in [5, 5.41) is 9.18. The second kappa shape index (κ2) is 7.67. The minimum absolute atomic E-state index is 0.312. The Kier molecular flexibility index (Phi) is 6.52. The average Bonchev–Trinajstić information content (AvgIpc) is 2.30. The molecule has 0 aromatic heterocycles. The number of piperidine rings is 1. The van der Waals surface area contributed by atoms with Crippen molar-refractivity contribution < 1.29 is 14.6 Å². The van der Waals surface area contributed by atoms with Crippen molar-refractivity contribution >= 4 is 5.97 Å². The third-order valence-electron chi connectivity index (χ3n) is 3.43. The first-order valence-electron chi connectivity index (χ1n) is 6.69. The summed E-state index contributed by atoms with van der Waals surface area (Å²) in [7, 11) is 0. The monoisotopic (exact) mass is 243 g/mol. The molecule has 0 aromatic carbocycles. The van der Waals surface area contributed by atoms with Crippen LogP contribution in [0.4, 0.5) is 0 Å². The van der Waals surface area contributed by atoms with Crippen LogP contribution in [0.1, 0.15) is 39.5 Å². The van der Waals surface area contributed by atoms with Gasteiger partial charge in [0.25, 0.3) is 0 Å². The standard InChI is InChI=1S/C13H25NO3/c1-3-4-8-17-9-7-14-6-5-11(2)10-12(14)13(15)16/h11-12H,3-10H2,1-2H3,(H,15,16). The molecule has 2 atom stereocenters. The van der Waals surface area contributed by atoms with Gasteiger partial charge in [-0.2, -0.15) is 0 Å². The highest BCUT2D eigenvalue weighted by Crippen LogP contribution is 2.22. The molecule has 0 aliphatic carbocycles. The van der Waals surface area contributed by atoms with E-state index in [4.69, 9.17) is 4.74 Å². The lowest BCUT2D eigenvalue weighted by Gasteiger charge is -2.35. The fourth-order valence-electron chi connectivity index (χ4n) is 2.25. The topological polar surface area (TPSA) is 49.8 Å². The van der Waals surface area contributed by atoms with Crippen molar-refractivity contribution in [3.63, 3.8) is 0 Å². The third kappa shape index (κ3) is 5.04. The average molecular weight is 243 g/mol. The highest BCUT2D eigenvalue weighted by Gasteiger charge is 2.31. The number of likely N-dealkylation sites (tertiary alicyclic amines) is 1. The van der Waals surface area contributed by atoms with Gasteiger partial charge in [0.2, 0.25) is 0 Å². The molecule has 1 heterocycles. The molecule has 0 aromatic rings. The van der Waals surface area contributed by atoms with E-state index in [1.807, 2.05) is 4.90 Å². The maximum absolute atomic E-state index is 11.2. The van der Waals surface area contributed by atoms with E-state index in [0.29, 0.717) is 12.5 Å². The van der Waals surface area contributed by atoms with Gasteiger partial charge in [-0.3, -0.25) is 9.69 Å². The number of rotatable bonds is 7. The molecule has 17 heavy (non-hydrogen) atoms. The van der Waals surface area contributed by atoms with Gasteiger partial charge in [0, 0.05) is 13.2 Å². The number of hydrogen-bond donors (Lipinski definition) is 1. The zero-order valence-electron chi connectivity index (χ0n) is 11.0. The number of aliphatic carboxylic acids is 1. The Balaban J connectivity index is 2.27. The van der Waals surface area contributed by atoms with Crippen molar-refractivity contribution in [1.29, 1.82) is 0 Å². The van der Waals surface area contributed by atoms with E-state index < -0.39 is 5.97 Å². The van der Waals surface area contributed by atoms with E-state index in [-0.39, 0.29) is 6.04 Å². The highest BCUT2D eigenvalue weighted by molar-refractivity contribution is 5.73. The molecule has 1 N–H and O–H groups in total. The minimum Gasteiger partial charge on any atom is -0.480 e. The van der Waals surface area contributed by atoms with Gasteiger partial charge in [-0.1, -0.05) is 20.3 Å². The molecule has 1 rings (SSSR count). The second-order valence-electron chi connectivity index (χ2n) is 4.99. The van der Waals surface area contributed by atoms with Crippen molar-refractivity contribution in [2.75, 3.05) is 26.3 Å². The largest absolute Gasteiger partial charge is 0.480 e. The predicted octanol–water partition coefficient (Wildman–Crippen LogP) is 1.99. The maximum atomic E-state index is 11.2. The van der Waals surface area contributed by atoms with Crippen molar-refractivity contribution in [2.45, 2.75) is 45.6 Å². The summed E-state index contributed by atoms with van der Waals surface area (Å²) in [4.78, 5) is 13.2. The number of ether oxygens (including phenoxy) is 1. The summed E-state index contributed by atoms with van der Waals surface area (Å²) in [5.74, 6) is -0.168. The summed E-state index contributed by atoms with van der Waals surface area (Å²) in [6.45, 7) is 7.33. The third-order valence-corrected chi connectivity index (χ3v) is 3.43. The fraction of sp³-hybridized carbons (Fsp3) is 0.923. The molecule has 1 aliphatic heterocycles. The molecule has 0 spiro atoms. The number of carboxylic acid groups (broad SMARTS) is 1. The lowest BCUT2D eigenvalue weighted by Crippen LogP contribution is -2.48. The van der Waals surface area contributed by atoms with Crippen LogP contribution >= 0.6 is 0 Å². The maximum Gasteiger partial charge on any atom is 0.320 e. The van der Waals surface area contributed by atoms with E-state index in [1.165, 1.54) is 0 Å². The fourth-order valence-corrected chi connectivity index (χ4v) is 2.25. The second-order valence-corrected chi connectivity index (χ2v) is 4.99. The Morgan fingerprint density at radius 3 is 2.88 bits per heavy atom. The molecule has 0 bridgehead atoms. The van der Waals surface area contributed by atoms with Crippen LogP contribution < -0.4 is 0 Å². The molecular weight excluding hydrogens is 218 g/mol. The van der Waals surface area contributed by atoms with Gasteiger partial charge in [-0.15, -0.1) is 0 Å². The van der Waals surface area contributed by atoms with Crippen LogP contribution in [0.25, 0.3) is 0 Å². The minimum atomic E-state index is -0.690. The number of nitrogens with zero attached hydrogens (tertiary/aromatic N) is 1. The number of hydrogen-bond acceptors (Lipinski definition) is 3. The molecule has 1 fully saturated rings. The van der Waals surface area contributed by atoms with E-state index in [9.17, 15) is 9.90 Å². The summed E-state index contributed by atoms with van der Waals surface area (Å²) < 4.78 is 5.50. The predicted molar refractivity (Wildman–Crippen MR) is 67.1 cm³/mol. The molecule has 4 heteroatoms. The van der Waals surface area contributed by atoms with Gasteiger partial charge in [-0.25, -0.2) is 0 Å². The summed E-state index contributed by atoms with van der Waals surface area (Å²) in [6.07, 6.45) is 4.08. The summed E-state index contributed by atoms with van der Waals surface area (Å²) in [5.41, 5.74) is 0. The lowest BCUT2D eigenvalue weighted by atomic mass is 9.92. The van der Waals surface area contributed by atoms with E-state index >= 15 is 0 Å². The van der Waals surface area contributed by atoms with Crippen LogP contribution in [-0.4, -0.2) is 48.3 Å². The van der Waals surface area contributed by atoms with Gasteiger partial charge in [0.05, 0.1) is 6.61 Å². The van der Waals surface area contributed by atoms with Crippen molar-refractivity contribution in [3.8, 4) is 0 Å². The normalized spacial score (nSPS) is 26.0. The highest BCUT2D eigenvalue weighted by atomic mass is 16.5. The zero-order valence-corrected chi connectivity index (χ0v) is 11.0. The van der Waals surface area contributed by atoms with Gasteiger partial charge in [0.1, 0.15) is 6.04 Å². The molecule has 4 nitrogen and oxygen atoms in total. The van der Waals surface area contributed by atoms with E-state index in [0.717, 1.165) is 45.4 Å². The first kappa shape index (κ1) is 14.5. The molecule has 1 saturated heterocycles. The van der Waals surface area contributed by atoms with E-state index in [1.54, 1.807) is 0 Å². The molecule has 2 unspecified atom stereocenters. The van der Waals surface area contributed by atoms with Crippen LogP contribution in [0.5, 0.6) is 0 Å². The molecular formula is C13H25NO3. The van der Waals surface area contributed by atoms with Crippen molar-refractivity contribution in [3.05, 3.63) is 0 Å². The molecule has 0 amide bonds. The quantitative estimate of drug-likeness (QED) is 0.695. The molecule has 0 saturated carbocycles. The van der Waals surface area contributed by atoms with Crippen LogP contribution in [0.15, 0.2) is 0 Å². The number of carboxylic acids is 1. The van der Waals surface area contributed by atoms with Crippen LogP contribution in [0.2, 0.25) is 0 Å². The molecule has 1 aliphatic rings. The van der Waals surface area contributed by atoms with Crippen molar-refractivity contribution in [1.82, 2.24) is 4.90 Å². The van der Waals surface area contributed by atoms with Gasteiger partial charge < -0.3 is 9.84 Å². The van der Waals surface area contributed by atoms with Crippen LogP contribution in [0.3, 0.4) is 0 Å². The van der Waals surface area contributed by atoms with Crippen LogP contribution in [0, 0.1) is 5.92 Å². The first-order valence-corrected chi connectivity index (χ1v) is 6.69. The Morgan fingerprint density at radius 1 is 1.47 bits per heavy atom. The molecule has 0 radical (unpaired) electrons. The van der Waals surface area contributed by atoms with Crippen molar-refractivity contribution in [2.24, 2.45) is 5.92 Å². The lowest BCUT2D eigenvalue weighted by molar-refractivity contribution is -0.145. The Bertz CT molecular complexity index is 233. The Morgan fingerprint density at radius 2 is 2.24 bits per heavy atom. The SMILES string of the molecule is CCCCOCCN1CCC(C)CC1C(=O)O. The summed E-state index contributed by atoms with van der Waals surface area (Å²) >= 11 is 0.